The fourth-order valence-electron chi connectivity index (χ4n) is 6.36. The van der Waals surface area contributed by atoms with Crippen LogP contribution in [0.2, 0.25) is 0 Å². The van der Waals surface area contributed by atoms with Crippen LogP contribution in [0, 0.1) is 0 Å². The van der Waals surface area contributed by atoms with Gasteiger partial charge in [-0.05, 0) is 23.8 Å². The number of fused-ring (bicyclic) bond motifs is 9. The Bertz CT molecular complexity index is 2060. The highest BCUT2D eigenvalue weighted by molar-refractivity contribution is 6.36. The minimum Gasteiger partial charge on any atom is -0.494 e. The first-order valence-electron chi connectivity index (χ1n) is 12.8. The molecule has 0 saturated carbocycles. The molecule has 38 heavy (non-hydrogen) atoms. The van der Waals surface area contributed by atoms with Crippen LogP contribution >= 0.6 is 0 Å². The van der Waals surface area contributed by atoms with Crippen molar-refractivity contribution in [2.24, 2.45) is 0 Å². The van der Waals surface area contributed by atoms with E-state index in [2.05, 4.69) is 61.6 Å². The zero-order chi connectivity index (χ0) is 25.5. The molecule has 0 aliphatic carbocycles. The summed E-state index contributed by atoms with van der Waals surface area (Å²) in [6.07, 6.45) is 9.67. The average molecular weight is 504 g/mol. The Hall–Kier alpha value is -4.53. The number of aliphatic hydroxyl groups excluding tert-OH is 2. The summed E-state index contributed by atoms with van der Waals surface area (Å²) in [5.74, 6) is 0.126. The quantitative estimate of drug-likeness (QED) is 0.280. The maximum Gasteiger partial charge on any atom is 0.197 e. The summed E-state index contributed by atoms with van der Waals surface area (Å²) in [7, 11) is 0. The monoisotopic (exact) mass is 503 g/mol. The average Bonchev–Trinajstić information content (AvgIpc) is 3.69. The predicted octanol–water partition coefficient (Wildman–Crippen LogP) is 4.73. The molecular weight excluding hydrogens is 478 g/mol. The number of nitrogens with one attached hydrogen (secondary N) is 1. The number of aromatic amines is 1. The van der Waals surface area contributed by atoms with Gasteiger partial charge in [0.25, 0.3) is 0 Å². The molecule has 0 bridgehead atoms. The van der Waals surface area contributed by atoms with Gasteiger partial charge in [-0.1, -0.05) is 36.4 Å². The lowest BCUT2D eigenvalue weighted by Gasteiger charge is -2.24. The number of H-pyrrole nitrogens is 1. The van der Waals surface area contributed by atoms with Crippen LogP contribution in [0.5, 0.6) is 5.88 Å². The second-order valence-corrected chi connectivity index (χ2v) is 10.2. The molecule has 4 aromatic heterocycles. The van der Waals surface area contributed by atoms with Crippen molar-refractivity contribution in [1.82, 2.24) is 23.7 Å². The van der Waals surface area contributed by atoms with E-state index < -0.39 is 12.2 Å². The fourth-order valence-corrected chi connectivity index (χ4v) is 6.36. The molecule has 8 heteroatoms. The van der Waals surface area contributed by atoms with Crippen molar-refractivity contribution >= 4 is 60.5 Å². The zero-order valence-electron chi connectivity index (χ0n) is 20.4. The SMILES string of the molecule is Oc1[nH]cc2c1c1c3cc(/C=C/Cn4ccnc4)ccc3n3c1c1c2c2ccccc2n1CC(O)C(O)C3. The lowest BCUT2D eigenvalue weighted by Crippen LogP contribution is -2.35. The summed E-state index contributed by atoms with van der Waals surface area (Å²) >= 11 is 0. The largest absolute Gasteiger partial charge is 0.494 e. The summed E-state index contributed by atoms with van der Waals surface area (Å²) in [4.78, 5) is 7.16. The van der Waals surface area contributed by atoms with Crippen molar-refractivity contribution in [3.63, 3.8) is 0 Å². The summed E-state index contributed by atoms with van der Waals surface area (Å²) in [6.45, 7) is 1.25. The van der Waals surface area contributed by atoms with E-state index in [1.54, 1.807) is 12.5 Å². The van der Waals surface area contributed by atoms with Crippen molar-refractivity contribution in [3.05, 3.63) is 79.0 Å². The molecule has 0 amide bonds. The maximum absolute atomic E-state index is 11.1. The lowest BCUT2D eigenvalue weighted by molar-refractivity contribution is 0.00168. The topological polar surface area (TPSA) is 104 Å². The van der Waals surface area contributed by atoms with Crippen molar-refractivity contribution in [2.45, 2.75) is 31.8 Å². The van der Waals surface area contributed by atoms with Gasteiger partial charge in [-0.2, -0.15) is 0 Å². The van der Waals surface area contributed by atoms with Crippen LogP contribution in [0.3, 0.4) is 0 Å². The molecule has 4 N–H and O–H groups in total. The second kappa shape index (κ2) is 7.74. The van der Waals surface area contributed by atoms with Crippen molar-refractivity contribution in [1.29, 1.82) is 0 Å². The number of hydrogen-bond donors (Lipinski definition) is 4. The number of aliphatic hydroxyl groups is 2. The highest BCUT2D eigenvalue weighted by Crippen LogP contribution is 2.47. The van der Waals surface area contributed by atoms with Gasteiger partial charge in [0.15, 0.2) is 5.88 Å². The van der Waals surface area contributed by atoms with Crippen LogP contribution in [0.15, 0.2) is 73.5 Å². The van der Waals surface area contributed by atoms with Crippen LogP contribution in [0.1, 0.15) is 5.56 Å². The maximum atomic E-state index is 11.1. The van der Waals surface area contributed by atoms with Crippen LogP contribution in [0.4, 0.5) is 0 Å². The first-order chi connectivity index (χ1) is 18.6. The summed E-state index contributed by atoms with van der Waals surface area (Å²) in [5, 5.41) is 38.9. The van der Waals surface area contributed by atoms with Crippen LogP contribution < -0.4 is 0 Å². The Balaban J connectivity index is 1.52. The molecule has 3 aromatic carbocycles. The smallest absolute Gasteiger partial charge is 0.197 e. The molecule has 8 nitrogen and oxygen atoms in total. The van der Waals surface area contributed by atoms with Gasteiger partial charge in [0.2, 0.25) is 0 Å². The number of allylic oxidation sites excluding steroid dienone is 1. The number of benzene rings is 3. The Morgan fingerprint density at radius 2 is 1.66 bits per heavy atom. The van der Waals surface area contributed by atoms with E-state index in [1.165, 1.54) is 0 Å². The van der Waals surface area contributed by atoms with Crippen LogP contribution in [-0.4, -0.2) is 51.2 Å². The highest BCUT2D eigenvalue weighted by atomic mass is 16.3. The molecule has 7 aromatic rings. The number of para-hydroxylation sites is 1. The zero-order valence-corrected chi connectivity index (χ0v) is 20.4. The molecule has 0 radical (unpaired) electrons. The minimum atomic E-state index is -0.941. The number of aromatic hydroxyl groups is 1. The van der Waals surface area contributed by atoms with E-state index >= 15 is 0 Å². The molecule has 0 fully saturated rings. The molecule has 0 spiro atoms. The van der Waals surface area contributed by atoms with E-state index in [9.17, 15) is 15.3 Å². The molecular formula is C30H25N5O3. The third kappa shape index (κ3) is 2.84. The Labute approximate surface area is 216 Å². The van der Waals surface area contributed by atoms with E-state index in [0.717, 1.165) is 59.9 Å². The third-order valence-electron chi connectivity index (χ3n) is 8.03. The fraction of sp³-hybridized carbons (Fsp3) is 0.167. The first-order valence-corrected chi connectivity index (χ1v) is 12.8. The van der Waals surface area contributed by atoms with Gasteiger partial charge in [0.1, 0.15) is 0 Å². The van der Waals surface area contributed by atoms with Crippen LogP contribution in [-0.2, 0) is 19.6 Å². The van der Waals surface area contributed by atoms with Gasteiger partial charge < -0.3 is 34.0 Å². The standard InChI is InChI=1S/C30H25N5O3/c36-23-14-34-21-6-2-1-5-18(21)25-20-13-32-30(38)27(20)26-19-12-17(4-3-10-33-11-9-31-16-33)7-8-22(19)35(15-24(23)37)29(26)28(25)34/h1-9,11-13,16,23-24,32,36-38H,10,14-15H2/b4-3+. The predicted molar refractivity (Wildman–Crippen MR) is 149 cm³/mol. The number of imidazole rings is 1. The van der Waals surface area contributed by atoms with Gasteiger partial charge in [0.05, 0.1) is 48.0 Å². The Morgan fingerprint density at radius 1 is 0.895 bits per heavy atom. The van der Waals surface area contributed by atoms with Gasteiger partial charge in [-0.15, -0.1) is 0 Å². The molecule has 2 atom stereocenters. The molecule has 1 aliphatic rings. The van der Waals surface area contributed by atoms with Crippen molar-refractivity contribution in [3.8, 4) is 5.88 Å². The number of rotatable bonds is 3. The van der Waals surface area contributed by atoms with E-state index in [-0.39, 0.29) is 19.0 Å². The van der Waals surface area contributed by atoms with E-state index in [1.807, 2.05) is 29.1 Å². The Kier molecular flexibility index (Phi) is 4.39. The molecule has 5 heterocycles. The van der Waals surface area contributed by atoms with Gasteiger partial charge in [0, 0.05) is 63.1 Å². The summed E-state index contributed by atoms with van der Waals surface area (Å²) < 4.78 is 6.24. The van der Waals surface area contributed by atoms with E-state index in [4.69, 9.17) is 0 Å². The Morgan fingerprint density at radius 3 is 2.45 bits per heavy atom. The van der Waals surface area contributed by atoms with Crippen LogP contribution in [0.25, 0.3) is 60.5 Å². The van der Waals surface area contributed by atoms with Crippen molar-refractivity contribution in [2.75, 3.05) is 0 Å². The van der Waals surface area contributed by atoms with Gasteiger partial charge in [-0.3, -0.25) is 0 Å². The van der Waals surface area contributed by atoms with Crippen molar-refractivity contribution < 1.29 is 15.3 Å². The highest BCUT2D eigenvalue weighted by Gasteiger charge is 2.30. The number of aromatic nitrogens is 5. The number of nitrogens with zero attached hydrogens (tertiary/aromatic N) is 4. The summed E-state index contributed by atoms with van der Waals surface area (Å²) in [6, 6.07) is 14.4. The molecule has 188 valence electrons. The normalized spacial score (nSPS) is 18.2. The van der Waals surface area contributed by atoms with Gasteiger partial charge >= 0.3 is 0 Å². The lowest BCUT2D eigenvalue weighted by atomic mass is 10.0. The number of hydrogen-bond acceptors (Lipinski definition) is 4. The minimum absolute atomic E-state index is 0.126. The molecule has 1 aliphatic heterocycles. The molecule has 8 rings (SSSR count). The van der Waals surface area contributed by atoms with Gasteiger partial charge in [-0.25, -0.2) is 4.98 Å². The second-order valence-electron chi connectivity index (χ2n) is 10.2. The first kappa shape index (κ1) is 21.5. The molecule has 0 saturated heterocycles. The van der Waals surface area contributed by atoms with E-state index in [0.29, 0.717) is 6.54 Å². The third-order valence-corrected chi connectivity index (χ3v) is 8.03. The molecule has 2 unspecified atom stereocenters. The summed E-state index contributed by atoms with van der Waals surface area (Å²) in [5.41, 5.74) is 4.94.